The normalized spacial score (nSPS) is 11.9. The van der Waals surface area contributed by atoms with Gasteiger partial charge in [-0.15, -0.1) is 5.10 Å². The molecule has 0 saturated heterocycles. The van der Waals surface area contributed by atoms with E-state index in [0.29, 0.717) is 11.8 Å². The fraction of sp³-hybridized carbons (Fsp3) is 0.308. The highest BCUT2D eigenvalue weighted by Gasteiger charge is 2.16. The quantitative estimate of drug-likeness (QED) is 0.787. The van der Waals surface area contributed by atoms with Crippen molar-refractivity contribution in [2.24, 2.45) is 0 Å². The van der Waals surface area contributed by atoms with Crippen LogP contribution in [0.25, 0.3) is 0 Å². The minimum absolute atomic E-state index is 0.149. The first kappa shape index (κ1) is 13.5. The Labute approximate surface area is 115 Å². The van der Waals surface area contributed by atoms with E-state index in [4.69, 9.17) is 9.47 Å². The van der Waals surface area contributed by atoms with Crippen molar-refractivity contribution in [2.45, 2.75) is 20.0 Å². The standard InChI is InChI=1S/C13H14N2O3S/c1-3-17-12(16)11-14-15-13(19-11)18-9(2)10-7-5-4-6-8-10/h4-9H,3H2,1-2H3. The first-order chi connectivity index (χ1) is 9.20. The number of ether oxygens (including phenoxy) is 2. The summed E-state index contributed by atoms with van der Waals surface area (Å²) in [5, 5.41) is 8.15. The van der Waals surface area contributed by atoms with Crippen LogP contribution < -0.4 is 4.74 Å². The Kier molecular flexibility index (Phi) is 4.46. The highest BCUT2D eigenvalue weighted by Crippen LogP contribution is 2.25. The van der Waals surface area contributed by atoms with Gasteiger partial charge in [-0.3, -0.25) is 0 Å². The summed E-state index contributed by atoms with van der Waals surface area (Å²) in [6.45, 7) is 3.98. The van der Waals surface area contributed by atoms with E-state index in [0.717, 1.165) is 16.9 Å². The maximum atomic E-state index is 11.4. The monoisotopic (exact) mass is 278 g/mol. The highest BCUT2D eigenvalue weighted by molar-refractivity contribution is 7.14. The summed E-state index contributed by atoms with van der Waals surface area (Å²) in [5.41, 5.74) is 1.04. The fourth-order valence-electron chi connectivity index (χ4n) is 1.48. The molecule has 0 bridgehead atoms. The van der Waals surface area contributed by atoms with Gasteiger partial charge in [0.15, 0.2) is 0 Å². The molecular weight excluding hydrogens is 264 g/mol. The molecule has 0 radical (unpaired) electrons. The van der Waals surface area contributed by atoms with E-state index in [9.17, 15) is 4.79 Å². The third-order valence-corrected chi connectivity index (χ3v) is 3.20. The van der Waals surface area contributed by atoms with Crippen molar-refractivity contribution in [3.05, 3.63) is 40.9 Å². The van der Waals surface area contributed by atoms with Gasteiger partial charge in [-0.25, -0.2) is 4.79 Å². The smallest absolute Gasteiger partial charge is 0.369 e. The Bertz CT molecular complexity index is 542. The van der Waals surface area contributed by atoms with Crippen molar-refractivity contribution in [3.8, 4) is 5.19 Å². The number of rotatable bonds is 5. The minimum atomic E-state index is -0.470. The molecule has 2 rings (SSSR count). The number of nitrogens with zero attached hydrogens (tertiary/aromatic N) is 2. The van der Waals surface area contributed by atoms with E-state index in [-0.39, 0.29) is 11.1 Å². The second-order valence-electron chi connectivity index (χ2n) is 3.76. The van der Waals surface area contributed by atoms with Crippen LogP contribution >= 0.6 is 11.3 Å². The molecule has 0 saturated carbocycles. The molecule has 5 nitrogen and oxygen atoms in total. The molecule has 1 atom stereocenters. The van der Waals surface area contributed by atoms with E-state index >= 15 is 0 Å². The van der Waals surface area contributed by atoms with Gasteiger partial charge in [0.2, 0.25) is 5.01 Å². The topological polar surface area (TPSA) is 61.3 Å². The Morgan fingerprint density at radius 1 is 1.32 bits per heavy atom. The van der Waals surface area contributed by atoms with Gasteiger partial charge in [-0.1, -0.05) is 35.4 Å². The zero-order valence-electron chi connectivity index (χ0n) is 10.7. The predicted octanol–water partition coefficient (Wildman–Crippen LogP) is 2.85. The number of hydrogen-bond donors (Lipinski definition) is 0. The number of hydrogen-bond acceptors (Lipinski definition) is 6. The lowest BCUT2D eigenvalue weighted by Crippen LogP contribution is -2.03. The van der Waals surface area contributed by atoms with Gasteiger partial charge < -0.3 is 9.47 Å². The maximum absolute atomic E-state index is 11.4. The predicted molar refractivity (Wildman–Crippen MR) is 71.4 cm³/mol. The lowest BCUT2D eigenvalue weighted by molar-refractivity contribution is 0.0525. The van der Waals surface area contributed by atoms with Crippen molar-refractivity contribution >= 4 is 17.3 Å². The van der Waals surface area contributed by atoms with Crippen LogP contribution in [0, 0.1) is 0 Å². The number of carbonyl (C=O) groups excluding carboxylic acids is 1. The summed E-state index contributed by atoms with van der Waals surface area (Å²) >= 11 is 1.08. The molecule has 0 aliphatic rings. The summed E-state index contributed by atoms with van der Waals surface area (Å²) in [7, 11) is 0. The largest absolute Gasteiger partial charge is 0.461 e. The molecule has 100 valence electrons. The molecule has 0 aliphatic carbocycles. The molecule has 0 fully saturated rings. The molecule has 0 amide bonds. The molecule has 1 aromatic carbocycles. The summed E-state index contributed by atoms with van der Waals surface area (Å²) < 4.78 is 10.5. The number of benzene rings is 1. The Balaban J connectivity index is 2.02. The molecule has 1 aromatic heterocycles. The zero-order valence-corrected chi connectivity index (χ0v) is 11.5. The second-order valence-corrected chi connectivity index (χ2v) is 4.70. The number of carbonyl (C=O) groups is 1. The zero-order chi connectivity index (χ0) is 13.7. The molecule has 1 heterocycles. The lowest BCUT2D eigenvalue weighted by Gasteiger charge is -2.11. The first-order valence-corrected chi connectivity index (χ1v) is 6.74. The van der Waals surface area contributed by atoms with Crippen molar-refractivity contribution < 1.29 is 14.3 Å². The van der Waals surface area contributed by atoms with E-state index in [1.807, 2.05) is 37.3 Å². The van der Waals surface area contributed by atoms with Gasteiger partial charge >= 0.3 is 5.97 Å². The molecular formula is C13H14N2O3S. The fourth-order valence-corrected chi connectivity index (χ4v) is 2.14. The Morgan fingerprint density at radius 2 is 2.05 bits per heavy atom. The van der Waals surface area contributed by atoms with E-state index < -0.39 is 5.97 Å². The lowest BCUT2D eigenvalue weighted by atomic mass is 10.1. The van der Waals surface area contributed by atoms with Crippen LogP contribution in [0.3, 0.4) is 0 Å². The summed E-state index contributed by atoms with van der Waals surface area (Å²) in [4.78, 5) is 11.4. The Morgan fingerprint density at radius 3 is 2.74 bits per heavy atom. The van der Waals surface area contributed by atoms with Gasteiger partial charge in [0.25, 0.3) is 5.19 Å². The summed E-state index contributed by atoms with van der Waals surface area (Å²) in [6, 6.07) is 9.77. The van der Waals surface area contributed by atoms with Crippen molar-refractivity contribution in [1.82, 2.24) is 10.2 Å². The van der Waals surface area contributed by atoms with Crippen LogP contribution in [0.15, 0.2) is 30.3 Å². The van der Waals surface area contributed by atoms with E-state index in [1.54, 1.807) is 6.92 Å². The first-order valence-electron chi connectivity index (χ1n) is 5.93. The third kappa shape index (κ3) is 3.51. The van der Waals surface area contributed by atoms with E-state index in [1.165, 1.54) is 0 Å². The van der Waals surface area contributed by atoms with Crippen LogP contribution in [0.5, 0.6) is 5.19 Å². The van der Waals surface area contributed by atoms with E-state index in [2.05, 4.69) is 10.2 Å². The van der Waals surface area contributed by atoms with Gasteiger partial charge in [0, 0.05) is 0 Å². The molecule has 0 spiro atoms. The van der Waals surface area contributed by atoms with Crippen LogP contribution in [0.2, 0.25) is 0 Å². The van der Waals surface area contributed by atoms with Crippen LogP contribution in [-0.2, 0) is 4.74 Å². The third-order valence-electron chi connectivity index (χ3n) is 2.40. The molecule has 6 heteroatoms. The summed E-state index contributed by atoms with van der Waals surface area (Å²) in [5.74, 6) is -0.470. The molecule has 2 aromatic rings. The van der Waals surface area contributed by atoms with Crippen LogP contribution in [0.4, 0.5) is 0 Å². The SMILES string of the molecule is CCOC(=O)c1nnc(OC(C)c2ccccc2)s1. The second kappa shape index (κ2) is 6.29. The number of esters is 1. The Hall–Kier alpha value is -1.95. The van der Waals surface area contributed by atoms with Gasteiger partial charge in [-0.05, 0) is 30.7 Å². The maximum Gasteiger partial charge on any atom is 0.369 e. The van der Waals surface area contributed by atoms with Crippen molar-refractivity contribution in [1.29, 1.82) is 0 Å². The van der Waals surface area contributed by atoms with Gasteiger partial charge in [0.05, 0.1) is 6.61 Å². The molecule has 0 aliphatic heterocycles. The highest BCUT2D eigenvalue weighted by atomic mass is 32.1. The van der Waals surface area contributed by atoms with Gasteiger partial charge in [0.1, 0.15) is 6.10 Å². The minimum Gasteiger partial charge on any atom is -0.461 e. The van der Waals surface area contributed by atoms with Crippen molar-refractivity contribution in [2.75, 3.05) is 6.61 Å². The van der Waals surface area contributed by atoms with Crippen LogP contribution in [0.1, 0.15) is 35.3 Å². The van der Waals surface area contributed by atoms with Crippen molar-refractivity contribution in [3.63, 3.8) is 0 Å². The average molecular weight is 278 g/mol. The van der Waals surface area contributed by atoms with Crippen LogP contribution in [-0.4, -0.2) is 22.8 Å². The summed E-state index contributed by atoms with van der Waals surface area (Å²) in [6.07, 6.45) is -0.149. The average Bonchev–Trinajstić information content (AvgIpc) is 2.88. The molecule has 1 unspecified atom stereocenters. The molecule has 19 heavy (non-hydrogen) atoms. The molecule has 0 N–H and O–H groups in total. The van der Waals surface area contributed by atoms with Gasteiger partial charge in [-0.2, -0.15) is 0 Å². The number of aromatic nitrogens is 2.